The van der Waals surface area contributed by atoms with E-state index in [-0.39, 0.29) is 0 Å². The molecule has 2 atom stereocenters. The van der Waals surface area contributed by atoms with Crippen LogP contribution in [0.1, 0.15) is 25.3 Å². The van der Waals surface area contributed by atoms with Gasteiger partial charge in [0.15, 0.2) is 6.10 Å². The Morgan fingerprint density at radius 2 is 1.40 bits per heavy atom. The first kappa shape index (κ1) is 21.2. The van der Waals surface area contributed by atoms with Crippen molar-refractivity contribution in [2.24, 2.45) is 0 Å². The number of carbonyl (C=O) groups is 2. The molecule has 3 rings (SSSR count). The predicted molar refractivity (Wildman–Crippen MR) is 116 cm³/mol. The number of fused-ring (bicyclic) bond motifs is 1. The number of ether oxygens (including phenoxy) is 3. The van der Waals surface area contributed by atoms with E-state index in [9.17, 15) is 9.59 Å². The number of anilines is 1. The fourth-order valence-corrected chi connectivity index (χ4v) is 3.02. The third kappa shape index (κ3) is 4.89. The van der Waals surface area contributed by atoms with Crippen LogP contribution in [0.15, 0.2) is 60.7 Å². The summed E-state index contributed by atoms with van der Waals surface area (Å²) in [6.07, 6.45) is -0.924. The van der Waals surface area contributed by atoms with Crippen molar-refractivity contribution in [3.05, 3.63) is 66.2 Å². The lowest BCUT2D eigenvalue weighted by molar-refractivity contribution is -0.154. The van der Waals surface area contributed by atoms with E-state index in [1.165, 1.54) is 0 Å². The van der Waals surface area contributed by atoms with Gasteiger partial charge in [-0.05, 0) is 66.6 Å². The molecule has 30 heavy (non-hydrogen) atoms. The minimum atomic E-state index is -0.924. The zero-order valence-corrected chi connectivity index (χ0v) is 17.5. The van der Waals surface area contributed by atoms with Crippen LogP contribution in [0.2, 0.25) is 0 Å². The lowest BCUT2D eigenvalue weighted by Gasteiger charge is -2.17. The largest absolute Gasteiger partial charge is 0.497 e. The molecule has 0 saturated carbocycles. The number of hydrogen-bond acceptors (Lipinski definition) is 5. The van der Waals surface area contributed by atoms with Gasteiger partial charge < -0.3 is 19.5 Å². The molecule has 3 aromatic rings. The Labute approximate surface area is 175 Å². The van der Waals surface area contributed by atoms with Crippen LogP contribution in [0.3, 0.4) is 0 Å². The average molecular weight is 407 g/mol. The highest BCUT2D eigenvalue weighted by molar-refractivity contribution is 5.95. The summed E-state index contributed by atoms with van der Waals surface area (Å²) in [5.41, 5.74) is 1.42. The second kappa shape index (κ2) is 9.31. The van der Waals surface area contributed by atoms with E-state index in [1.54, 1.807) is 52.3 Å². The number of hydrogen-bond donors (Lipinski definition) is 1. The van der Waals surface area contributed by atoms with Crippen LogP contribution in [0.4, 0.5) is 5.69 Å². The van der Waals surface area contributed by atoms with Gasteiger partial charge >= 0.3 is 5.97 Å². The van der Waals surface area contributed by atoms with Gasteiger partial charge in [0.1, 0.15) is 11.5 Å². The summed E-state index contributed by atoms with van der Waals surface area (Å²) in [7, 11) is 3.20. The second-order valence-electron chi connectivity index (χ2n) is 6.99. The van der Waals surface area contributed by atoms with E-state index < -0.39 is 23.9 Å². The molecule has 0 aromatic heterocycles. The molecule has 3 aromatic carbocycles. The molecule has 0 bridgehead atoms. The maximum absolute atomic E-state index is 12.6. The highest BCUT2D eigenvalue weighted by Gasteiger charge is 2.23. The fraction of sp³-hybridized carbons (Fsp3) is 0.250. The zero-order chi connectivity index (χ0) is 21.7. The molecule has 0 heterocycles. The van der Waals surface area contributed by atoms with Crippen molar-refractivity contribution in [1.29, 1.82) is 0 Å². The predicted octanol–water partition coefficient (Wildman–Crippen LogP) is 4.53. The van der Waals surface area contributed by atoms with E-state index in [0.29, 0.717) is 11.4 Å². The quantitative estimate of drug-likeness (QED) is 0.583. The van der Waals surface area contributed by atoms with Gasteiger partial charge in [0.05, 0.1) is 20.1 Å². The van der Waals surface area contributed by atoms with Gasteiger partial charge in [-0.1, -0.05) is 24.3 Å². The molecular formula is C24H25NO5. The molecule has 0 spiro atoms. The van der Waals surface area contributed by atoms with Gasteiger partial charge in [0, 0.05) is 5.69 Å². The minimum absolute atomic E-state index is 0.397. The standard InChI is InChI=1S/C24H25NO5/c1-15(17-5-6-19-14-22(29-4)10-7-18(19)13-17)24(27)30-16(2)23(26)25-20-8-11-21(28-3)12-9-20/h5-16H,1-4H3,(H,25,26)/t15-,16-/m0/s1. The van der Waals surface area contributed by atoms with Crippen molar-refractivity contribution < 1.29 is 23.8 Å². The number of nitrogens with one attached hydrogen (secondary N) is 1. The average Bonchev–Trinajstić information content (AvgIpc) is 2.78. The van der Waals surface area contributed by atoms with Crippen LogP contribution in [0, 0.1) is 0 Å². The van der Waals surface area contributed by atoms with Crippen molar-refractivity contribution in [2.45, 2.75) is 25.9 Å². The minimum Gasteiger partial charge on any atom is -0.497 e. The van der Waals surface area contributed by atoms with Gasteiger partial charge in [0.2, 0.25) is 0 Å². The van der Waals surface area contributed by atoms with Crippen LogP contribution in [0.25, 0.3) is 10.8 Å². The maximum atomic E-state index is 12.6. The maximum Gasteiger partial charge on any atom is 0.313 e. The smallest absolute Gasteiger partial charge is 0.313 e. The first-order chi connectivity index (χ1) is 14.4. The van der Waals surface area contributed by atoms with Gasteiger partial charge in [0.25, 0.3) is 5.91 Å². The molecule has 1 N–H and O–H groups in total. The summed E-state index contributed by atoms with van der Waals surface area (Å²) in [5.74, 6) is 0.105. The van der Waals surface area contributed by atoms with Crippen molar-refractivity contribution in [1.82, 2.24) is 0 Å². The number of rotatable bonds is 7. The van der Waals surface area contributed by atoms with Gasteiger partial charge in [-0.25, -0.2) is 0 Å². The molecule has 0 saturated heterocycles. The molecule has 156 valence electrons. The molecule has 0 fully saturated rings. The lowest BCUT2D eigenvalue weighted by atomic mass is 9.98. The van der Waals surface area contributed by atoms with E-state index in [0.717, 1.165) is 22.1 Å². The summed E-state index contributed by atoms with van der Waals surface area (Å²) in [6, 6.07) is 18.5. The normalized spacial score (nSPS) is 12.7. The Kier molecular flexibility index (Phi) is 6.57. The summed E-state index contributed by atoms with van der Waals surface area (Å²) >= 11 is 0. The first-order valence-electron chi connectivity index (χ1n) is 9.64. The molecule has 0 aliphatic rings. The van der Waals surface area contributed by atoms with E-state index in [4.69, 9.17) is 14.2 Å². The van der Waals surface area contributed by atoms with E-state index in [2.05, 4.69) is 5.32 Å². The molecule has 6 heteroatoms. The monoisotopic (exact) mass is 407 g/mol. The number of esters is 1. The summed E-state index contributed by atoms with van der Waals surface area (Å²) in [5, 5.41) is 4.75. The third-order valence-electron chi connectivity index (χ3n) is 4.94. The number of carbonyl (C=O) groups excluding carboxylic acids is 2. The Balaban J connectivity index is 1.63. The third-order valence-corrected chi connectivity index (χ3v) is 4.94. The molecule has 1 amide bonds. The van der Waals surface area contributed by atoms with Crippen LogP contribution >= 0.6 is 0 Å². The highest BCUT2D eigenvalue weighted by Crippen LogP contribution is 2.26. The molecule has 0 unspecified atom stereocenters. The summed E-state index contributed by atoms with van der Waals surface area (Å²) in [6.45, 7) is 3.32. The highest BCUT2D eigenvalue weighted by atomic mass is 16.5. The molecule has 6 nitrogen and oxygen atoms in total. The molecule has 0 aliphatic heterocycles. The topological polar surface area (TPSA) is 73.9 Å². The SMILES string of the molecule is COc1ccc(NC(=O)[C@H](C)OC(=O)[C@@H](C)c2ccc3cc(OC)ccc3c2)cc1. The Hall–Kier alpha value is -3.54. The number of benzene rings is 3. The van der Waals surface area contributed by atoms with E-state index in [1.807, 2.05) is 36.4 Å². The van der Waals surface area contributed by atoms with Crippen LogP contribution in [0.5, 0.6) is 11.5 Å². The Morgan fingerprint density at radius 1 is 0.800 bits per heavy atom. The van der Waals surface area contributed by atoms with Crippen LogP contribution in [-0.2, 0) is 14.3 Å². The van der Waals surface area contributed by atoms with Gasteiger partial charge in [-0.2, -0.15) is 0 Å². The number of amides is 1. The van der Waals surface area contributed by atoms with Crippen molar-refractivity contribution in [2.75, 3.05) is 19.5 Å². The van der Waals surface area contributed by atoms with Crippen LogP contribution in [-0.4, -0.2) is 32.2 Å². The molecular weight excluding hydrogens is 382 g/mol. The molecule has 0 radical (unpaired) electrons. The van der Waals surface area contributed by atoms with Crippen LogP contribution < -0.4 is 14.8 Å². The van der Waals surface area contributed by atoms with Crippen molar-refractivity contribution >= 4 is 28.3 Å². The second-order valence-corrected chi connectivity index (χ2v) is 6.99. The lowest BCUT2D eigenvalue weighted by Crippen LogP contribution is -2.31. The van der Waals surface area contributed by atoms with Gasteiger partial charge in [-0.15, -0.1) is 0 Å². The molecule has 0 aliphatic carbocycles. The Morgan fingerprint density at radius 3 is 2.07 bits per heavy atom. The van der Waals surface area contributed by atoms with Crippen molar-refractivity contribution in [3.8, 4) is 11.5 Å². The first-order valence-corrected chi connectivity index (χ1v) is 9.64. The van der Waals surface area contributed by atoms with Gasteiger partial charge in [-0.3, -0.25) is 9.59 Å². The zero-order valence-electron chi connectivity index (χ0n) is 17.5. The summed E-state index contributed by atoms with van der Waals surface area (Å²) in [4.78, 5) is 25.0. The number of methoxy groups -OCH3 is 2. The summed E-state index contributed by atoms with van der Waals surface area (Å²) < 4.78 is 15.7. The van der Waals surface area contributed by atoms with E-state index >= 15 is 0 Å². The Bertz CT molecular complexity index is 1050. The fourth-order valence-electron chi connectivity index (χ4n) is 3.02. The van der Waals surface area contributed by atoms with Crippen molar-refractivity contribution in [3.63, 3.8) is 0 Å².